The van der Waals surface area contributed by atoms with E-state index in [0.29, 0.717) is 24.1 Å². The zero-order valence-electron chi connectivity index (χ0n) is 16.0. The monoisotopic (exact) mass is 423 g/mol. The molecular weight excluding hydrogens is 402 g/mol. The molecule has 1 atom stereocenters. The van der Waals surface area contributed by atoms with Gasteiger partial charge >= 0.3 is 6.03 Å². The van der Waals surface area contributed by atoms with Crippen LogP contribution in [0.5, 0.6) is 0 Å². The van der Waals surface area contributed by atoms with Crippen molar-refractivity contribution in [2.45, 2.75) is 18.9 Å². The number of rotatable bonds is 7. The Morgan fingerprint density at radius 3 is 2.47 bits per heavy atom. The van der Waals surface area contributed by atoms with E-state index in [0.717, 1.165) is 11.1 Å². The van der Waals surface area contributed by atoms with E-state index in [1.54, 1.807) is 36.4 Å². The smallest absolute Gasteiger partial charge is 0.317 e. The Hall–Kier alpha value is -3.49. The predicted octanol–water partition coefficient (Wildman–Crippen LogP) is 3.54. The molecular formula is C22H21N3O4S. The van der Waals surface area contributed by atoms with Crippen molar-refractivity contribution in [3.05, 3.63) is 89.4 Å². The molecule has 0 spiro atoms. The predicted molar refractivity (Wildman–Crippen MR) is 117 cm³/mol. The molecule has 0 saturated carbocycles. The molecule has 1 heterocycles. The number of carbonyl (C=O) groups excluding carboxylic acids is 2. The van der Waals surface area contributed by atoms with Gasteiger partial charge in [-0.2, -0.15) is 0 Å². The Balaban J connectivity index is 1.62. The molecule has 3 aromatic rings. The minimum atomic E-state index is -0.720. The van der Waals surface area contributed by atoms with Crippen molar-refractivity contribution in [3.8, 4) is 0 Å². The number of amides is 3. The molecule has 0 bridgehead atoms. The molecule has 0 aliphatic rings. The summed E-state index contributed by atoms with van der Waals surface area (Å²) in [6, 6.07) is 16.9. The largest absolute Gasteiger partial charge is 0.459 e. The Morgan fingerprint density at radius 2 is 1.80 bits per heavy atom. The van der Waals surface area contributed by atoms with Crippen LogP contribution in [0.25, 0.3) is 0 Å². The lowest BCUT2D eigenvalue weighted by molar-refractivity contribution is 0.0996. The third kappa shape index (κ3) is 5.53. The molecule has 2 aromatic carbocycles. The van der Waals surface area contributed by atoms with Crippen LogP contribution in [0.15, 0.2) is 71.3 Å². The number of nitrogens with one attached hydrogen (secondary N) is 2. The number of nitrogens with two attached hydrogens (primary N) is 1. The molecule has 0 aliphatic carbocycles. The van der Waals surface area contributed by atoms with E-state index in [-0.39, 0.29) is 16.7 Å². The zero-order valence-corrected chi connectivity index (χ0v) is 16.8. The Labute approximate surface area is 178 Å². The molecule has 5 N–H and O–H groups in total. The Kier molecular flexibility index (Phi) is 6.95. The molecule has 8 heteroatoms. The first-order chi connectivity index (χ1) is 14.4. The number of primary amides is 1. The van der Waals surface area contributed by atoms with Crippen LogP contribution in [0, 0.1) is 0 Å². The number of hydrogen-bond donors (Lipinski definition) is 4. The fourth-order valence-electron chi connectivity index (χ4n) is 2.95. The second-order valence-electron chi connectivity index (χ2n) is 6.58. The van der Waals surface area contributed by atoms with Gasteiger partial charge in [-0.3, -0.25) is 10.1 Å². The Bertz CT molecular complexity index is 1030. The molecule has 1 unspecified atom stereocenters. The summed E-state index contributed by atoms with van der Waals surface area (Å²) in [5, 5.41) is 15.7. The van der Waals surface area contributed by atoms with Crippen molar-refractivity contribution in [3.63, 3.8) is 0 Å². The van der Waals surface area contributed by atoms with Gasteiger partial charge in [0.2, 0.25) is 0 Å². The number of aryl methyl sites for hydroxylation is 1. The van der Waals surface area contributed by atoms with Crippen LogP contribution >= 0.6 is 12.2 Å². The molecule has 0 aliphatic heterocycles. The van der Waals surface area contributed by atoms with Gasteiger partial charge in [-0.05, 0) is 42.2 Å². The summed E-state index contributed by atoms with van der Waals surface area (Å²) in [6.07, 6.45) is 1.75. The number of para-hydroxylation sites is 1. The molecule has 30 heavy (non-hydrogen) atoms. The summed E-state index contributed by atoms with van der Waals surface area (Å²) in [6.45, 7) is 0. The molecule has 0 radical (unpaired) electrons. The molecule has 7 nitrogen and oxygen atoms in total. The number of thiocarbonyl (C=S) groups is 1. The quantitative estimate of drug-likeness (QED) is 0.434. The average Bonchev–Trinajstić information content (AvgIpc) is 3.27. The maximum absolute atomic E-state index is 12.2. The van der Waals surface area contributed by atoms with E-state index >= 15 is 0 Å². The van der Waals surface area contributed by atoms with Crippen LogP contribution in [0.2, 0.25) is 0 Å². The highest BCUT2D eigenvalue weighted by atomic mass is 32.1. The third-order valence-corrected chi connectivity index (χ3v) is 4.83. The fourth-order valence-corrected chi connectivity index (χ4v) is 3.19. The first kappa shape index (κ1) is 21.2. The van der Waals surface area contributed by atoms with Crippen molar-refractivity contribution in [2.24, 2.45) is 5.73 Å². The van der Waals surface area contributed by atoms with E-state index in [2.05, 4.69) is 10.6 Å². The molecule has 1 aromatic heterocycles. The number of aliphatic hydroxyl groups is 1. The second-order valence-corrected chi connectivity index (χ2v) is 6.99. The fraction of sp³-hybridized carbons (Fsp3) is 0.136. The first-order valence-corrected chi connectivity index (χ1v) is 9.66. The van der Waals surface area contributed by atoms with Gasteiger partial charge in [0.05, 0.1) is 12.4 Å². The van der Waals surface area contributed by atoms with Crippen LogP contribution < -0.4 is 16.4 Å². The minimum Gasteiger partial charge on any atom is -0.459 e. The highest BCUT2D eigenvalue weighted by molar-refractivity contribution is 7.80. The van der Waals surface area contributed by atoms with E-state index in [1.165, 1.54) is 6.26 Å². The lowest BCUT2D eigenvalue weighted by atomic mass is 9.99. The highest BCUT2D eigenvalue weighted by Crippen LogP contribution is 2.24. The van der Waals surface area contributed by atoms with Crippen LogP contribution in [-0.2, 0) is 6.42 Å². The molecule has 0 fully saturated rings. The number of furan rings is 1. The van der Waals surface area contributed by atoms with Crippen LogP contribution in [-0.4, -0.2) is 22.0 Å². The van der Waals surface area contributed by atoms with E-state index in [9.17, 15) is 14.7 Å². The van der Waals surface area contributed by atoms with Crippen molar-refractivity contribution < 1.29 is 19.1 Å². The number of hydrogen-bond acceptors (Lipinski definition) is 5. The van der Waals surface area contributed by atoms with Crippen molar-refractivity contribution in [1.82, 2.24) is 5.32 Å². The summed E-state index contributed by atoms with van der Waals surface area (Å²) in [7, 11) is 0. The van der Waals surface area contributed by atoms with E-state index < -0.39 is 12.1 Å². The summed E-state index contributed by atoms with van der Waals surface area (Å²) >= 11 is 5.08. The van der Waals surface area contributed by atoms with Gasteiger partial charge in [0.15, 0.2) is 5.76 Å². The van der Waals surface area contributed by atoms with Crippen molar-refractivity contribution in [1.29, 1.82) is 0 Å². The standard InChI is InChI=1S/C22H21N3O4S/c23-22(28)25-21(30)16-9-7-15(8-10-16)18(26)12-11-14-4-1-2-5-17(14)24-20(27)19-6-3-13-29-19/h1-10,13,18,26H,11-12H2,(H,24,27)(H3,23,25,28,30). The van der Waals surface area contributed by atoms with Gasteiger partial charge in [-0.25, -0.2) is 4.79 Å². The summed E-state index contributed by atoms with van der Waals surface area (Å²) < 4.78 is 5.12. The Morgan fingerprint density at radius 1 is 1.07 bits per heavy atom. The molecule has 0 saturated heterocycles. The number of anilines is 1. The normalized spacial score (nSPS) is 11.5. The number of benzene rings is 2. The van der Waals surface area contributed by atoms with Gasteiger partial charge in [0.25, 0.3) is 5.91 Å². The van der Waals surface area contributed by atoms with Crippen LogP contribution in [0.4, 0.5) is 10.5 Å². The highest BCUT2D eigenvalue weighted by Gasteiger charge is 2.14. The van der Waals surface area contributed by atoms with E-state index in [4.69, 9.17) is 22.4 Å². The molecule has 3 rings (SSSR count). The minimum absolute atomic E-state index is 0.227. The summed E-state index contributed by atoms with van der Waals surface area (Å²) in [5.41, 5.74) is 7.99. The number of urea groups is 1. The van der Waals surface area contributed by atoms with E-state index in [1.807, 2.05) is 24.3 Å². The maximum atomic E-state index is 12.2. The van der Waals surface area contributed by atoms with Crippen molar-refractivity contribution in [2.75, 3.05) is 5.32 Å². The lowest BCUT2D eigenvalue weighted by Crippen LogP contribution is -2.34. The van der Waals surface area contributed by atoms with Gasteiger partial charge < -0.3 is 20.6 Å². The number of aliphatic hydroxyl groups excluding tert-OH is 1. The van der Waals surface area contributed by atoms with Crippen LogP contribution in [0.1, 0.15) is 39.8 Å². The summed E-state index contributed by atoms with van der Waals surface area (Å²) in [4.78, 5) is 23.4. The van der Waals surface area contributed by atoms with Gasteiger partial charge in [-0.15, -0.1) is 0 Å². The number of carbonyl (C=O) groups is 2. The average molecular weight is 423 g/mol. The summed E-state index contributed by atoms with van der Waals surface area (Å²) in [5.74, 6) is -0.0993. The van der Waals surface area contributed by atoms with Crippen LogP contribution in [0.3, 0.4) is 0 Å². The maximum Gasteiger partial charge on any atom is 0.317 e. The van der Waals surface area contributed by atoms with Crippen molar-refractivity contribution >= 4 is 34.8 Å². The first-order valence-electron chi connectivity index (χ1n) is 9.25. The SMILES string of the molecule is NC(=O)NC(=S)c1ccc(C(O)CCc2ccccc2NC(=O)c2ccco2)cc1. The third-order valence-electron chi connectivity index (χ3n) is 4.49. The molecule has 3 amide bonds. The zero-order chi connectivity index (χ0) is 21.5. The molecule has 154 valence electrons. The van der Waals surface area contributed by atoms with Gasteiger partial charge in [0.1, 0.15) is 4.99 Å². The lowest BCUT2D eigenvalue weighted by Gasteiger charge is -2.14. The van der Waals surface area contributed by atoms with Gasteiger partial charge in [0, 0.05) is 11.3 Å². The topological polar surface area (TPSA) is 118 Å². The van der Waals surface area contributed by atoms with Gasteiger partial charge in [-0.1, -0.05) is 54.7 Å². The second kappa shape index (κ2) is 9.82.